The highest BCUT2D eigenvalue weighted by Gasteiger charge is 2.23. The molecule has 1 heterocycles. The van der Waals surface area contributed by atoms with Gasteiger partial charge in [-0.05, 0) is 29.2 Å². The number of nitrogens with zero attached hydrogens (tertiary/aromatic N) is 1. The summed E-state index contributed by atoms with van der Waals surface area (Å²) in [4.78, 5) is 11.2. The summed E-state index contributed by atoms with van der Waals surface area (Å²) >= 11 is 0. The van der Waals surface area contributed by atoms with E-state index in [4.69, 9.17) is 0 Å². The van der Waals surface area contributed by atoms with E-state index in [2.05, 4.69) is 23.2 Å². The van der Waals surface area contributed by atoms with Crippen molar-refractivity contribution in [1.29, 1.82) is 0 Å². The molecule has 0 aromatic carbocycles. The van der Waals surface area contributed by atoms with E-state index in [0.29, 0.717) is 12.3 Å². The standard InChI is InChI=1S/C8H14NOP/c1-5-4-8(10)9(11)7(3)6(5)2/h5H,4,11H2,1-3H3. The minimum Gasteiger partial charge on any atom is -0.301 e. The summed E-state index contributed by atoms with van der Waals surface area (Å²) in [6, 6.07) is 0. The zero-order valence-corrected chi connectivity index (χ0v) is 8.37. The van der Waals surface area contributed by atoms with Gasteiger partial charge in [0.15, 0.2) is 0 Å². The number of carbonyl (C=O) groups is 1. The van der Waals surface area contributed by atoms with Gasteiger partial charge in [-0.3, -0.25) is 4.79 Å². The fourth-order valence-electron chi connectivity index (χ4n) is 1.25. The van der Waals surface area contributed by atoms with E-state index in [1.165, 1.54) is 5.57 Å². The molecule has 0 bridgehead atoms. The van der Waals surface area contributed by atoms with Crippen molar-refractivity contribution in [3.8, 4) is 0 Å². The van der Waals surface area contributed by atoms with Gasteiger partial charge in [0.05, 0.1) is 0 Å². The number of rotatable bonds is 0. The van der Waals surface area contributed by atoms with Gasteiger partial charge in [-0.25, -0.2) is 0 Å². The molecule has 0 aromatic rings. The molecular formula is C8H14NOP. The molecule has 0 spiro atoms. The highest BCUT2D eigenvalue weighted by molar-refractivity contribution is 7.15. The molecular weight excluding hydrogens is 157 g/mol. The van der Waals surface area contributed by atoms with Crippen LogP contribution in [0.3, 0.4) is 0 Å². The number of carbonyl (C=O) groups excluding carboxylic acids is 1. The van der Waals surface area contributed by atoms with Crippen LogP contribution in [0.25, 0.3) is 0 Å². The number of hydrogen-bond acceptors (Lipinski definition) is 1. The van der Waals surface area contributed by atoms with Gasteiger partial charge in [0.2, 0.25) is 5.91 Å². The van der Waals surface area contributed by atoms with Crippen LogP contribution in [-0.4, -0.2) is 10.6 Å². The van der Waals surface area contributed by atoms with Crippen LogP contribution >= 0.6 is 9.39 Å². The van der Waals surface area contributed by atoms with E-state index >= 15 is 0 Å². The lowest BCUT2D eigenvalue weighted by atomic mass is 9.94. The molecule has 0 aliphatic carbocycles. The Bertz CT molecular complexity index is 222. The van der Waals surface area contributed by atoms with Gasteiger partial charge < -0.3 is 4.67 Å². The molecule has 1 aliphatic rings. The van der Waals surface area contributed by atoms with Crippen molar-refractivity contribution in [2.75, 3.05) is 0 Å². The minimum atomic E-state index is 0.200. The van der Waals surface area contributed by atoms with Crippen LogP contribution in [0.5, 0.6) is 0 Å². The van der Waals surface area contributed by atoms with Crippen LogP contribution in [-0.2, 0) is 4.79 Å². The molecule has 2 atom stereocenters. The highest BCUT2D eigenvalue weighted by Crippen LogP contribution is 2.29. The van der Waals surface area contributed by atoms with Crippen molar-refractivity contribution in [2.24, 2.45) is 5.92 Å². The van der Waals surface area contributed by atoms with Crippen molar-refractivity contribution in [3.63, 3.8) is 0 Å². The lowest BCUT2D eigenvalue weighted by Crippen LogP contribution is -2.28. The van der Waals surface area contributed by atoms with Crippen LogP contribution in [0.2, 0.25) is 0 Å². The van der Waals surface area contributed by atoms with Crippen molar-refractivity contribution in [1.82, 2.24) is 4.67 Å². The molecule has 0 saturated carbocycles. The predicted molar refractivity (Wildman–Crippen MR) is 48.7 cm³/mol. The predicted octanol–water partition coefficient (Wildman–Crippen LogP) is 1.94. The summed E-state index contributed by atoms with van der Waals surface area (Å²) in [6.45, 7) is 6.16. The Kier molecular flexibility index (Phi) is 2.34. The number of amides is 1. The van der Waals surface area contributed by atoms with Crippen LogP contribution in [0.15, 0.2) is 11.3 Å². The maximum Gasteiger partial charge on any atom is 0.230 e. The van der Waals surface area contributed by atoms with Crippen LogP contribution in [0.4, 0.5) is 0 Å². The minimum absolute atomic E-state index is 0.200. The highest BCUT2D eigenvalue weighted by atomic mass is 31.0. The smallest absolute Gasteiger partial charge is 0.230 e. The summed E-state index contributed by atoms with van der Waals surface area (Å²) in [6.07, 6.45) is 0.646. The Morgan fingerprint density at radius 1 is 1.55 bits per heavy atom. The quantitative estimate of drug-likeness (QED) is 0.510. The third-order valence-electron chi connectivity index (χ3n) is 2.42. The molecule has 0 radical (unpaired) electrons. The molecule has 2 unspecified atom stereocenters. The summed E-state index contributed by atoms with van der Waals surface area (Å²) in [5, 5.41) is 0. The van der Waals surface area contributed by atoms with E-state index in [-0.39, 0.29) is 5.91 Å². The fourth-order valence-corrected chi connectivity index (χ4v) is 1.56. The maximum absolute atomic E-state index is 11.2. The van der Waals surface area contributed by atoms with Gasteiger partial charge in [0, 0.05) is 12.1 Å². The molecule has 62 valence electrons. The second kappa shape index (κ2) is 2.94. The first-order chi connectivity index (χ1) is 5.04. The zero-order chi connectivity index (χ0) is 8.59. The largest absolute Gasteiger partial charge is 0.301 e. The van der Waals surface area contributed by atoms with Gasteiger partial charge in [-0.1, -0.05) is 12.5 Å². The van der Waals surface area contributed by atoms with Crippen LogP contribution in [0.1, 0.15) is 27.2 Å². The third-order valence-corrected chi connectivity index (χ3v) is 3.10. The summed E-state index contributed by atoms with van der Waals surface area (Å²) in [7, 11) is 2.45. The molecule has 1 aliphatic heterocycles. The third kappa shape index (κ3) is 1.46. The average molecular weight is 171 g/mol. The Morgan fingerprint density at radius 2 is 2.09 bits per heavy atom. The van der Waals surface area contributed by atoms with E-state index < -0.39 is 0 Å². The van der Waals surface area contributed by atoms with E-state index in [0.717, 1.165) is 5.70 Å². The first-order valence-corrected chi connectivity index (χ1v) is 4.30. The van der Waals surface area contributed by atoms with Gasteiger partial charge in [0.25, 0.3) is 0 Å². The molecule has 0 fully saturated rings. The van der Waals surface area contributed by atoms with Crippen molar-refractivity contribution in [3.05, 3.63) is 11.3 Å². The molecule has 0 aromatic heterocycles. The van der Waals surface area contributed by atoms with Crippen LogP contribution < -0.4 is 0 Å². The van der Waals surface area contributed by atoms with Crippen LogP contribution in [0, 0.1) is 5.92 Å². The van der Waals surface area contributed by atoms with Crippen molar-refractivity contribution >= 4 is 15.3 Å². The van der Waals surface area contributed by atoms with Gasteiger partial charge in [0.1, 0.15) is 0 Å². The summed E-state index contributed by atoms with van der Waals surface area (Å²) in [5.41, 5.74) is 2.40. The maximum atomic E-state index is 11.2. The van der Waals surface area contributed by atoms with E-state index in [1.807, 2.05) is 6.92 Å². The normalized spacial score (nSPS) is 26.4. The Morgan fingerprint density at radius 3 is 2.64 bits per heavy atom. The fraction of sp³-hybridized carbons (Fsp3) is 0.625. The van der Waals surface area contributed by atoms with Gasteiger partial charge >= 0.3 is 0 Å². The van der Waals surface area contributed by atoms with E-state index in [1.54, 1.807) is 4.67 Å². The Labute approximate surface area is 69.9 Å². The van der Waals surface area contributed by atoms with E-state index in [9.17, 15) is 4.79 Å². The second-order valence-electron chi connectivity index (χ2n) is 3.14. The molecule has 3 heteroatoms. The SMILES string of the molecule is CC1=C(C)N(P)C(=O)CC1C. The molecule has 11 heavy (non-hydrogen) atoms. The lowest BCUT2D eigenvalue weighted by molar-refractivity contribution is -0.126. The topological polar surface area (TPSA) is 20.3 Å². The number of allylic oxidation sites excluding steroid dienone is 2. The number of hydrogen-bond donors (Lipinski definition) is 0. The molecule has 0 N–H and O–H groups in total. The molecule has 1 amide bonds. The Balaban J connectivity index is 2.98. The van der Waals surface area contributed by atoms with Gasteiger partial charge in [-0.15, -0.1) is 0 Å². The first-order valence-electron chi connectivity index (χ1n) is 3.79. The van der Waals surface area contributed by atoms with Crippen molar-refractivity contribution < 1.29 is 4.79 Å². The average Bonchev–Trinajstić information content (AvgIpc) is 1.97. The Hall–Kier alpha value is -0.360. The monoisotopic (exact) mass is 171 g/mol. The summed E-state index contributed by atoms with van der Waals surface area (Å²) in [5.74, 6) is 0.616. The molecule has 1 rings (SSSR count). The molecule has 0 saturated heterocycles. The van der Waals surface area contributed by atoms with Crippen molar-refractivity contribution in [2.45, 2.75) is 27.2 Å². The molecule has 2 nitrogen and oxygen atoms in total. The zero-order valence-electron chi connectivity index (χ0n) is 7.22. The van der Waals surface area contributed by atoms with Gasteiger partial charge in [-0.2, -0.15) is 0 Å². The summed E-state index contributed by atoms with van der Waals surface area (Å²) < 4.78 is 1.66. The first kappa shape index (κ1) is 8.73. The lowest BCUT2D eigenvalue weighted by Gasteiger charge is -2.29. The second-order valence-corrected chi connectivity index (χ2v) is 3.65.